The van der Waals surface area contributed by atoms with Crippen LogP contribution < -0.4 is 0 Å². The summed E-state index contributed by atoms with van der Waals surface area (Å²) in [6.07, 6.45) is 4.07. The van der Waals surface area contributed by atoms with Crippen molar-refractivity contribution in [3.8, 4) is 0 Å². The monoisotopic (exact) mass is 334 g/mol. The highest BCUT2D eigenvalue weighted by molar-refractivity contribution is 9.10. The van der Waals surface area contributed by atoms with Crippen molar-refractivity contribution in [3.63, 3.8) is 0 Å². The van der Waals surface area contributed by atoms with Gasteiger partial charge >= 0.3 is 0 Å². The van der Waals surface area contributed by atoms with Gasteiger partial charge in [0.1, 0.15) is 5.60 Å². The molecule has 0 amide bonds. The zero-order valence-electron chi connectivity index (χ0n) is 11.8. The van der Waals surface area contributed by atoms with Gasteiger partial charge in [-0.1, -0.05) is 34.1 Å². The summed E-state index contributed by atoms with van der Waals surface area (Å²) in [6, 6.07) is 11.6. The maximum absolute atomic E-state index is 11.2. The van der Waals surface area contributed by atoms with Crippen molar-refractivity contribution in [3.05, 3.63) is 64.4 Å². The lowest BCUT2D eigenvalue weighted by Crippen LogP contribution is -2.32. The van der Waals surface area contributed by atoms with Crippen LogP contribution in [-0.4, -0.2) is 35.6 Å². The molecule has 0 unspecified atom stereocenters. The Kier molecular flexibility index (Phi) is 4.91. The number of benzene rings is 1. The minimum atomic E-state index is -1.01. The van der Waals surface area contributed by atoms with E-state index in [-0.39, 0.29) is 0 Å². The normalized spacial score (nSPS) is 14.2. The number of hydrogen-bond acceptors (Lipinski definition) is 3. The highest BCUT2D eigenvalue weighted by Gasteiger charge is 2.31. The maximum Gasteiger partial charge on any atom is 0.117 e. The molecule has 0 fully saturated rings. The molecular weight excluding hydrogens is 316 g/mol. The summed E-state index contributed by atoms with van der Waals surface area (Å²) >= 11 is 3.43. The van der Waals surface area contributed by atoms with Crippen LogP contribution in [0.4, 0.5) is 0 Å². The van der Waals surface area contributed by atoms with E-state index in [1.165, 1.54) is 0 Å². The van der Waals surface area contributed by atoms with E-state index in [4.69, 9.17) is 0 Å². The SMILES string of the molecule is CN(C)CC[C@](O)(c1ccc(Br)cc1)c1cccnc1. The maximum atomic E-state index is 11.2. The fourth-order valence-corrected chi connectivity index (χ4v) is 2.44. The van der Waals surface area contributed by atoms with Crippen LogP contribution in [0, 0.1) is 0 Å². The molecule has 1 atom stereocenters. The molecule has 106 valence electrons. The fourth-order valence-electron chi connectivity index (χ4n) is 2.17. The van der Waals surface area contributed by atoms with Crippen molar-refractivity contribution < 1.29 is 5.11 Å². The van der Waals surface area contributed by atoms with Crippen LogP contribution in [0.3, 0.4) is 0 Å². The first-order valence-electron chi connectivity index (χ1n) is 6.56. The molecule has 0 radical (unpaired) electrons. The second-order valence-electron chi connectivity index (χ2n) is 5.16. The number of hydrogen-bond donors (Lipinski definition) is 1. The summed E-state index contributed by atoms with van der Waals surface area (Å²) in [5, 5.41) is 11.2. The molecule has 0 aliphatic carbocycles. The molecule has 20 heavy (non-hydrogen) atoms. The van der Waals surface area contributed by atoms with Crippen molar-refractivity contribution in [2.75, 3.05) is 20.6 Å². The van der Waals surface area contributed by atoms with E-state index in [0.717, 1.165) is 22.1 Å². The van der Waals surface area contributed by atoms with Crippen LogP contribution in [-0.2, 0) is 5.60 Å². The first-order valence-corrected chi connectivity index (χ1v) is 7.35. The van der Waals surface area contributed by atoms with Crippen LogP contribution in [0.2, 0.25) is 0 Å². The molecule has 3 nitrogen and oxygen atoms in total. The molecule has 1 aromatic carbocycles. The average molecular weight is 335 g/mol. The molecule has 0 aliphatic rings. The Labute approximate surface area is 128 Å². The van der Waals surface area contributed by atoms with Crippen LogP contribution in [0.5, 0.6) is 0 Å². The molecule has 2 aromatic rings. The van der Waals surface area contributed by atoms with E-state index in [2.05, 4.69) is 25.8 Å². The summed E-state index contributed by atoms with van der Waals surface area (Å²) in [7, 11) is 4.01. The number of halogens is 1. The third-order valence-electron chi connectivity index (χ3n) is 3.38. The summed E-state index contributed by atoms with van der Waals surface area (Å²) in [5.41, 5.74) is 0.693. The van der Waals surface area contributed by atoms with Gasteiger partial charge in [-0.2, -0.15) is 0 Å². The first-order chi connectivity index (χ1) is 9.52. The summed E-state index contributed by atoms with van der Waals surface area (Å²) in [6.45, 7) is 0.793. The van der Waals surface area contributed by atoms with Gasteiger partial charge < -0.3 is 10.0 Å². The first kappa shape index (κ1) is 15.2. The standard InChI is InChI=1S/C16H19BrN2O/c1-19(2)11-9-16(20,14-4-3-10-18-12-14)13-5-7-15(17)8-6-13/h3-8,10,12,20H,9,11H2,1-2H3/t16-/m0/s1. The molecule has 0 saturated heterocycles. The fraction of sp³-hybridized carbons (Fsp3) is 0.312. The molecule has 2 rings (SSSR count). The van der Waals surface area contributed by atoms with Crippen molar-refractivity contribution >= 4 is 15.9 Å². The van der Waals surface area contributed by atoms with E-state index in [1.54, 1.807) is 12.4 Å². The minimum absolute atomic E-state index is 0.618. The molecular formula is C16H19BrN2O. The van der Waals surface area contributed by atoms with Gasteiger partial charge in [0.2, 0.25) is 0 Å². The largest absolute Gasteiger partial charge is 0.380 e. The van der Waals surface area contributed by atoms with Crippen LogP contribution in [0.15, 0.2) is 53.3 Å². The zero-order chi connectivity index (χ0) is 14.6. The molecule has 0 aliphatic heterocycles. The number of pyridine rings is 1. The predicted octanol–water partition coefficient (Wildman–Crippen LogP) is 3.03. The van der Waals surface area contributed by atoms with E-state index >= 15 is 0 Å². The lowest BCUT2D eigenvalue weighted by atomic mass is 9.84. The van der Waals surface area contributed by atoms with Crippen molar-refractivity contribution in [2.45, 2.75) is 12.0 Å². The minimum Gasteiger partial charge on any atom is -0.380 e. The molecule has 0 saturated carbocycles. The summed E-state index contributed by atoms with van der Waals surface area (Å²) < 4.78 is 1.00. The Morgan fingerprint density at radius 3 is 2.40 bits per heavy atom. The lowest BCUT2D eigenvalue weighted by Gasteiger charge is -2.30. The molecule has 0 spiro atoms. The Bertz CT molecular complexity index is 542. The second kappa shape index (κ2) is 6.48. The second-order valence-corrected chi connectivity index (χ2v) is 6.08. The predicted molar refractivity (Wildman–Crippen MR) is 84.5 cm³/mol. The van der Waals surface area contributed by atoms with Gasteiger partial charge in [0, 0.05) is 29.0 Å². The van der Waals surface area contributed by atoms with Gasteiger partial charge in [0.05, 0.1) is 0 Å². The molecule has 1 heterocycles. The molecule has 1 N–H and O–H groups in total. The summed E-state index contributed by atoms with van der Waals surface area (Å²) in [5.74, 6) is 0. The van der Waals surface area contributed by atoms with Crippen LogP contribution in [0.25, 0.3) is 0 Å². The molecule has 4 heteroatoms. The van der Waals surface area contributed by atoms with Gasteiger partial charge in [0.25, 0.3) is 0 Å². The smallest absolute Gasteiger partial charge is 0.117 e. The highest BCUT2D eigenvalue weighted by Crippen LogP contribution is 2.33. The highest BCUT2D eigenvalue weighted by atomic mass is 79.9. The van der Waals surface area contributed by atoms with E-state index in [0.29, 0.717) is 6.42 Å². The topological polar surface area (TPSA) is 36.4 Å². The van der Waals surface area contributed by atoms with E-state index in [9.17, 15) is 5.11 Å². The van der Waals surface area contributed by atoms with Gasteiger partial charge in [-0.05, 0) is 44.3 Å². The van der Waals surface area contributed by atoms with Gasteiger partial charge in [0.15, 0.2) is 0 Å². The number of nitrogens with zero attached hydrogens (tertiary/aromatic N) is 2. The summed E-state index contributed by atoms with van der Waals surface area (Å²) in [4.78, 5) is 6.21. The Balaban J connectivity index is 2.40. The third kappa shape index (κ3) is 3.45. The van der Waals surface area contributed by atoms with Crippen molar-refractivity contribution in [1.29, 1.82) is 0 Å². The average Bonchev–Trinajstić information content (AvgIpc) is 2.46. The Morgan fingerprint density at radius 1 is 1.15 bits per heavy atom. The van der Waals surface area contributed by atoms with Gasteiger partial charge in [-0.25, -0.2) is 0 Å². The Hall–Kier alpha value is -1.23. The van der Waals surface area contributed by atoms with Crippen molar-refractivity contribution in [1.82, 2.24) is 9.88 Å². The number of aliphatic hydroxyl groups is 1. The quantitative estimate of drug-likeness (QED) is 0.912. The van der Waals surface area contributed by atoms with E-state index in [1.807, 2.05) is 50.5 Å². The van der Waals surface area contributed by atoms with Gasteiger partial charge in [-0.3, -0.25) is 4.98 Å². The van der Waals surface area contributed by atoms with Crippen LogP contribution in [0.1, 0.15) is 17.5 Å². The zero-order valence-corrected chi connectivity index (χ0v) is 13.3. The lowest BCUT2D eigenvalue weighted by molar-refractivity contribution is 0.0625. The molecule has 1 aromatic heterocycles. The van der Waals surface area contributed by atoms with Crippen molar-refractivity contribution in [2.24, 2.45) is 0 Å². The van der Waals surface area contributed by atoms with Crippen LogP contribution >= 0.6 is 15.9 Å². The van der Waals surface area contributed by atoms with Gasteiger partial charge in [-0.15, -0.1) is 0 Å². The third-order valence-corrected chi connectivity index (χ3v) is 3.91. The number of aromatic nitrogens is 1. The number of rotatable bonds is 5. The molecule has 0 bridgehead atoms. The Morgan fingerprint density at radius 2 is 1.85 bits per heavy atom. The van der Waals surface area contributed by atoms with E-state index < -0.39 is 5.60 Å².